The third-order valence-corrected chi connectivity index (χ3v) is 19.0. The van der Waals surface area contributed by atoms with E-state index in [1.54, 1.807) is 0 Å². The minimum atomic E-state index is -1.08. The first-order valence-corrected chi connectivity index (χ1v) is 47.4. The van der Waals surface area contributed by atoms with Crippen LogP contribution in [0.2, 0.25) is 0 Å². The van der Waals surface area contributed by atoms with Gasteiger partial charge in [0, 0.05) is 109 Å². The molecule has 0 radical (unpaired) electrons. The molecule has 0 atom stereocenters. The zero-order valence-electron chi connectivity index (χ0n) is 61.5. The number of halogens is 7. The predicted octanol–water partition coefficient (Wildman–Crippen LogP) is 10.8. The van der Waals surface area contributed by atoms with Crippen LogP contribution in [0.25, 0.3) is 0 Å². The summed E-state index contributed by atoms with van der Waals surface area (Å²) in [5, 5.41) is 40.2. The van der Waals surface area contributed by atoms with E-state index in [9.17, 15) is 14.4 Å². The van der Waals surface area contributed by atoms with Crippen LogP contribution in [0.3, 0.4) is 0 Å². The summed E-state index contributed by atoms with van der Waals surface area (Å²) in [5.74, 6) is -0.285. The summed E-state index contributed by atoms with van der Waals surface area (Å²) in [4.78, 5) is 67.2. The molecule has 0 spiro atoms. The van der Waals surface area contributed by atoms with Crippen molar-refractivity contribution in [2.75, 3.05) is 52.1 Å². The smallest absolute Gasteiger partial charge is 1.00 e. The van der Waals surface area contributed by atoms with Crippen LogP contribution < -0.4 is 62.4 Å². The normalized spacial score (nSPS) is 17.8. The van der Waals surface area contributed by atoms with E-state index in [0.717, 1.165) is 176 Å². The first kappa shape index (κ1) is 93.3. The number of likely N-dealkylation sites (N-methyl/N-ethyl adjacent to an activating group) is 2. The van der Waals surface area contributed by atoms with E-state index < -0.39 is 23.9 Å². The van der Waals surface area contributed by atoms with E-state index in [4.69, 9.17) is 63.4 Å². The molecule has 26 heteroatoms. The number of carboxylic acid groups (broad SMARTS) is 4. The molecule has 0 aliphatic carbocycles. The van der Waals surface area contributed by atoms with E-state index in [2.05, 4.69) is 213 Å². The average molecular weight is 1850 g/mol. The molecular weight excluding hydrogens is 1750 g/mol. The number of carbonyl (C=O) groups is 4. The van der Waals surface area contributed by atoms with Crippen molar-refractivity contribution in [2.45, 2.75) is 156 Å². The van der Waals surface area contributed by atoms with Crippen LogP contribution in [0.15, 0.2) is 210 Å². The first-order valence-electron chi connectivity index (χ1n) is 34.1. The summed E-state index contributed by atoms with van der Waals surface area (Å²) in [6.07, 6.45) is 31.0. The monoisotopic (exact) mass is 1850 g/mol. The standard InChI is InChI=1S/C40H50ClN5O4.C20H20ClN3.C16H22N2O2.C2H4O2.2ClH.I3.Na/c1-39(2)30-14-12-24-45(22-10-6-8-16-34(47)48)37(30)42-32(39)20-18-28-26-44(5)27-29(36(28)41)19-21-33-40(3,4)31-15-13-25-46(38(31)43-33)23-11-7-9-17-35(49)50;1-24-14-16(12-22-18-8-4-2-5-9-18)20(21)17(15-24)13-23-19-10-6-3-7-11-19;1-12-16(2,3)13-8-7-11-18(15(13)17-12)10-6-4-5-9-14(19)20;1-2(3)4;;;1-3-2;/h12-15,18-21,24-25H,6-11,16-17,22-23,26-27H2,1-5H3,(H-,47,48,49,50);2-13,22H,14-15H2,1H3;7-8,11H,4-6,9-10H2,1-3H3;1H3,(H,3,4);2*1H;;/q;;;;;;-1;+1/p+1/b;16-12+,23-13?;;;;;;. The molecule has 0 saturated carbocycles. The number of benzene rings is 2. The van der Waals surface area contributed by atoms with Gasteiger partial charge in [-0.05, 0) is 195 Å². The van der Waals surface area contributed by atoms with Crippen LogP contribution >= 0.6 is 85.2 Å². The van der Waals surface area contributed by atoms with Gasteiger partial charge >= 0.3 is 110 Å². The number of rotatable bonds is 25. The molecular formula is C78H99Cl4I3N10NaO8+. The Balaban J connectivity index is 0.000000431. The Morgan fingerprint density at radius 3 is 1.68 bits per heavy atom. The molecule has 4 aromatic rings. The molecule has 6 aliphatic heterocycles. The van der Waals surface area contributed by atoms with E-state index in [-0.39, 0.29) is 89.9 Å². The molecule has 0 saturated heterocycles. The molecule has 6 aliphatic rings. The summed E-state index contributed by atoms with van der Waals surface area (Å²) >= 11 is 19.0. The topological polar surface area (TPSA) is 231 Å². The van der Waals surface area contributed by atoms with Gasteiger partial charge in [-0.25, -0.2) is 14.1 Å². The molecule has 0 bridgehead atoms. The van der Waals surface area contributed by atoms with Gasteiger partial charge < -0.3 is 35.4 Å². The quantitative estimate of drug-likeness (QED) is 0.0160. The maximum absolute atomic E-state index is 10.9. The second-order valence-electron chi connectivity index (χ2n) is 27.0. The van der Waals surface area contributed by atoms with Gasteiger partial charge in [0.1, 0.15) is 11.5 Å². The van der Waals surface area contributed by atoms with E-state index in [1.165, 1.54) is 16.7 Å². The SMILES string of the molecule is CC(=O)[O-].CC1=Nc2c(ccc[n+]2CCCCCC(=O)O)C1(C)C.CN1CC(/C=C/C2=Nc3c(ccc[n+]3CCCCCC(=O)O)C2(C)C)=C(Cl)C(=C/C=C2/N=C3C(=CC=CN3CCCCCC(=O)O)C2(C)C)/C1.CN1CC(C=Nc2ccccc2)=C(Cl)/C(=C/Nc2ccccc2)C1.Cl.Cl.I[I-]I.[Na+]. The van der Waals surface area contributed by atoms with Crippen LogP contribution in [-0.2, 0) is 43.1 Å². The number of aromatic nitrogens is 2. The fourth-order valence-corrected chi connectivity index (χ4v) is 12.6. The number of unbranched alkanes of at least 4 members (excludes halogenated alkanes) is 6. The second kappa shape index (κ2) is 46.4. The van der Waals surface area contributed by atoms with Gasteiger partial charge in [0.2, 0.25) is 0 Å². The van der Waals surface area contributed by atoms with Crippen molar-refractivity contribution in [3.8, 4) is 0 Å². The number of aliphatic imine (C=N–C) groups is 4. The van der Waals surface area contributed by atoms with E-state index in [1.807, 2.05) is 73.1 Å². The van der Waals surface area contributed by atoms with Crippen molar-refractivity contribution < 1.29 is 91.6 Å². The molecule has 18 nitrogen and oxygen atoms in total. The fourth-order valence-electron chi connectivity index (χ4n) is 12.1. The van der Waals surface area contributed by atoms with Gasteiger partial charge in [0.05, 0.1) is 63.9 Å². The maximum atomic E-state index is 10.9. The summed E-state index contributed by atoms with van der Waals surface area (Å²) in [7, 11) is 4.18. The Morgan fingerprint density at radius 2 is 1.13 bits per heavy atom. The third-order valence-electron chi connectivity index (χ3n) is 18.0. The van der Waals surface area contributed by atoms with Crippen molar-refractivity contribution in [3.05, 3.63) is 201 Å². The Kier molecular flexibility index (Phi) is 41.7. The molecule has 2 aromatic heterocycles. The first-order chi connectivity index (χ1) is 48.1. The average Bonchev–Trinajstić information content (AvgIpc) is 1.63. The van der Waals surface area contributed by atoms with E-state index >= 15 is 0 Å². The van der Waals surface area contributed by atoms with Gasteiger partial charge in [-0.1, -0.05) is 98.1 Å². The van der Waals surface area contributed by atoms with Crippen molar-refractivity contribution in [1.82, 2.24) is 14.7 Å². The van der Waals surface area contributed by atoms with Gasteiger partial charge in [0.15, 0.2) is 5.71 Å². The summed E-state index contributed by atoms with van der Waals surface area (Å²) in [5.41, 5.74) is 12.4. The van der Waals surface area contributed by atoms with Crippen LogP contribution in [-0.4, -0.2) is 124 Å². The number of nitrogens with one attached hydrogen (secondary N) is 1. The Morgan fingerprint density at radius 1 is 0.644 bits per heavy atom. The molecule has 2 aromatic carbocycles. The third kappa shape index (κ3) is 28.6. The number of fused-ring (bicyclic) bond motifs is 3. The zero-order valence-corrected chi connectivity index (χ0v) is 73.1. The number of para-hydroxylation sites is 2. The zero-order chi connectivity index (χ0) is 73.9. The maximum Gasteiger partial charge on any atom is 1.00 e. The number of nitrogens with zero attached hydrogens (tertiary/aromatic N) is 9. The Hall–Kier alpha value is -4.91. The minimum Gasteiger partial charge on any atom is 1.00 e. The van der Waals surface area contributed by atoms with E-state index in [0.29, 0.717) is 26.1 Å². The number of aliphatic carboxylic acids is 4. The molecule has 0 amide bonds. The van der Waals surface area contributed by atoms with Crippen molar-refractivity contribution in [2.24, 2.45) is 25.4 Å². The fraction of sp³-hybridized carbons (Fsp3) is 0.410. The number of aryl methyl sites for hydroxylation is 2. The number of anilines is 1. The second-order valence-corrected chi connectivity index (χ2v) is 44.0. The predicted molar refractivity (Wildman–Crippen MR) is 435 cm³/mol. The number of carbonyl (C=O) groups excluding carboxylic acids is 1. The molecule has 10 rings (SSSR count). The van der Waals surface area contributed by atoms with Gasteiger partial charge in [-0.15, -0.1) is 24.8 Å². The van der Waals surface area contributed by atoms with Crippen LogP contribution in [0.1, 0.15) is 144 Å². The molecule has 4 N–H and O–H groups in total. The molecule has 558 valence electrons. The number of hydrogen-bond donors (Lipinski definition) is 4. The number of allylic oxidation sites excluding steroid dienone is 6. The molecule has 104 heavy (non-hydrogen) atoms. The summed E-state index contributed by atoms with van der Waals surface area (Å²) in [6.45, 7) is 21.8. The van der Waals surface area contributed by atoms with Gasteiger partial charge in [-0.3, -0.25) is 29.2 Å². The van der Waals surface area contributed by atoms with Crippen molar-refractivity contribution in [3.63, 3.8) is 0 Å². The Labute approximate surface area is 689 Å². The number of pyridine rings is 2. The van der Waals surface area contributed by atoms with Gasteiger partial charge in [0.25, 0.3) is 0 Å². The largest absolute Gasteiger partial charge is 1.00 e. The van der Waals surface area contributed by atoms with Crippen molar-refractivity contribution in [1.29, 1.82) is 0 Å². The minimum absolute atomic E-state index is 0. The molecule has 0 unspecified atom stereocenters. The van der Waals surface area contributed by atoms with Crippen LogP contribution in [0, 0.1) is 5.41 Å². The number of amidine groups is 1. The summed E-state index contributed by atoms with van der Waals surface area (Å²) in [6, 6.07) is 28.4. The number of hydrogen-bond acceptors (Lipinski definition) is 13. The summed E-state index contributed by atoms with van der Waals surface area (Å²) < 4.78 is 4.37. The van der Waals surface area contributed by atoms with Crippen LogP contribution in [0.5, 0.6) is 0 Å². The molecule has 8 heterocycles. The van der Waals surface area contributed by atoms with Crippen molar-refractivity contribution >= 4 is 156 Å². The molecule has 0 fully saturated rings. The van der Waals surface area contributed by atoms with Crippen LogP contribution in [0.4, 0.5) is 23.0 Å². The number of carboxylic acids is 4. The van der Waals surface area contributed by atoms with Gasteiger partial charge in [-0.2, -0.15) is 0 Å². The Bertz CT molecular complexity index is 3960.